The van der Waals surface area contributed by atoms with Crippen LogP contribution in [0.15, 0.2) is 30.5 Å². The summed E-state index contributed by atoms with van der Waals surface area (Å²) < 4.78 is 0. The normalized spacial score (nSPS) is 10.7. The van der Waals surface area contributed by atoms with E-state index in [0.29, 0.717) is 5.02 Å². The first-order valence-electron chi connectivity index (χ1n) is 7.91. The third kappa shape index (κ3) is 5.69. The fourth-order valence-electron chi connectivity index (χ4n) is 2.41. The molecule has 0 spiro atoms. The molecule has 0 radical (unpaired) electrons. The molecule has 0 atom stereocenters. The Morgan fingerprint density at radius 1 is 1.08 bits per heavy atom. The maximum atomic E-state index is 12.2. The highest BCUT2D eigenvalue weighted by Crippen LogP contribution is 2.22. The summed E-state index contributed by atoms with van der Waals surface area (Å²) in [6.45, 7) is 3.95. The molecule has 0 saturated carbocycles. The molecule has 2 N–H and O–H groups in total. The van der Waals surface area contributed by atoms with Gasteiger partial charge in [-0.15, -0.1) is 0 Å². The van der Waals surface area contributed by atoms with Crippen molar-refractivity contribution in [3.63, 3.8) is 0 Å². The Balaban J connectivity index is 1.88. The third-order valence-electron chi connectivity index (χ3n) is 3.64. The van der Waals surface area contributed by atoms with Crippen LogP contribution in [0.4, 0.5) is 11.5 Å². The number of amides is 2. The number of pyridine rings is 1. The van der Waals surface area contributed by atoms with Gasteiger partial charge >= 0.3 is 0 Å². The second kappa shape index (κ2) is 8.98. The molecule has 0 aliphatic carbocycles. The summed E-state index contributed by atoms with van der Waals surface area (Å²) in [6.07, 6.45) is 1.39. The monoisotopic (exact) mass is 394 g/mol. The highest BCUT2D eigenvalue weighted by molar-refractivity contribution is 6.36. The molecule has 0 aliphatic rings. The molecule has 0 bridgehead atoms. The zero-order valence-corrected chi connectivity index (χ0v) is 16.3. The van der Waals surface area contributed by atoms with Crippen molar-refractivity contribution >= 4 is 46.5 Å². The molecule has 0 saturated heterocycles. The fraction of sp³-hybridized carbons (Fsp3) is 0.278. The van der Waals surface area contributed by atoms with E-state index in [1.165, 1.54) is 12.3 Å². The minimum Gasteiger partial charge on any atom is -0.324 e. The average Bonchev–Trinajstić information content (AvgIpc) is 2.53. The summed E-state index contributed by atoms with van der Waals surface area (Å²) in [5.41, 5.74) is 2.77. The van der Waals surface area contributed by atoms with Crippen LogP contribution in [0.2, 0.25) is 10.0 Å². The smallest absolute Gasteiger partial charge is 0.239 e. The van der Waals surface area contributed by atoms with E-state index in [2.05, 4.69) is 15.6 Å². The minimum atomic E-state index is -0.330. The molecule has 2 aromatic rings. The van der Waals surface area contributed by atoms with Gasteiger partial charge in [-0.2, -0.15) is 0 Å². The van der Waals surface area contributed by atoms with Crippen molar-refractivity contribution < 1.29 is 9.59 Å². The largest absolute Gasteiger partial charge is 0.324 e. The van der Waals surface area contributed by atoms with Crippen molar-refractivity contribution in [1.82, 2.24) is 9.88 Å². The summed E-state index contributed by atoms with van der Waals surface area (Å²) in [6, 6.07) is 7.30. The molecule has 138 valence electrons. The van der Waals surface area contributed by atoms with Gasteiger partial charge in [0, 0.05) is 11.9 Å². The molecule has 0 aliphatic heterocycles. The van der Waals surface area contributed by atoms with Crippen LogP contribution in [-0.2, 0) is 9.59 Å². The first kappa shape index (κ1) is 20.2. The molecule has 1 heterocycles. The number of aryl methyl sites for hydroxylation is 2. The minimum absolute atomic E-state index is 0.0147. The highest BCUT2D eigenvalue weighted by atomic mass is 35.5. The predicted octanol–water partition coefficient (Wildman–Crippen LogP) is 3.51. The number of rotatable bonds is 6. The summed E-state index contributed by atoms with van der Waals surface area (Å²) in [7, 11) is 1.68. The van der Waals surface area contributed by atoms with Gasteiger partial charge in [0.25, 0.3) is 0 Å². The molecule has 0 unspecified atom stereocenters. The Hall–Kier alpha value is -2.15. The summed E-state index contributed by atoms with van der Waals surface area (Å²) in [5, 5.41) is 6.12. The topological polar surface area (TPSA) is 74.3 Å². The number of hydrogen-bond acceptors (Lipinski definition) is 4. The van der Waals surface area contributed by atoms with Gasteiger partial charge in [-0.25, -0.2) is 4.98 Å². The van der Waals surface area contributed by atoms with Gasteiger partial charge in [-0.1, -0.05) is 41.4 Å². The Bertz CT molecular complexity index is 807. The zero-order chi connectivity index (χ0) is 19.3. The summed E-state index contributed by atoms with van der Waals surface area (Å²) in [5.74, 6) is -0.293. The van der Waals surface area contributed by atoms with Crippen molar-refractivity contribution in [3.8, 4) is 0 Å². The van der Waals surface area contributed by atoms with Crippen molar-refractivity contribution in [2.75, 3.05) is 30.8 Å². The lowest BCUT2D eigenvalue weighted by Gasteiger charge is -2.17. The number of nitrogens with zero attached hydrogens (tertiary/aromatic N) is 2. The van der Waals surface area contributed by atoms with Crippen LogP contribution in [0.5, 0.6) is 0 Å². The molecule has 26 heavy (non-hydrogen) atoms. The van der Waals surface area contributed by atoms with Gasteiger partial charge in [-0.05, 0) is 38.1 Å². The van der Waals surface area contributed by atoms with Crippen molar-refractivity contribution in [2.24, 2.45) is 0 Å². The number of aromatic nitrogens is 1. The van der Waals surface area contributed by atoms with Crippen LogP contribution in [0, 0.1) is 13.8 Å². The SMILES string of the molecule is Cc1cccc(C)c1NC(=O)CN(C)CC(=O)Nc1ncc(Cl)cc1Cl. The van der Waals surface area contributed by atoms with Gasteiger partial charge in [0.05, 0.1) is 23.1 Å². The van der Waals surface area contributed by atoms with Crippen molar-refractivity contribution in [3.05, 3.63) is 51.6 Å². The van der Waals surface area contributed by atoms with E-state index in [1.54, 1.807) is 11.9 Å². The Morgan fingerprint density at radius 2 is 1.65 bits per heavy atom. The first-order chi connectivity index (χ1) is 12.3. The lowest BCUT2D eigenvalue weighted by Crippen LogP contribution is -2.36. The molecule has 1 aromatic heterocycles. The standard InChI is InChI=1S/C18H20Cl2N4O2/c1-11-5-4-6-12(2)17(11)22-15(25)9-24(3)10-16(26)23-18-14(20)7-13(19)8-21-18/h4-8H,9-10H2,1-3H3,(H,22,25)(H,21,23,26). The van der Waals surface area contributed by atoms with Gasteiger partial charge < -0.3 is 10.6 Å². The van der Waals surface area contributed by atoms with Crippen molar-refractivity contribution in [2.45, 2.75) is 13.8 Å². The Labute approximate surface area is 162 Å². The molecule has 1 aromatic carbocycles. The number of halogens is 2. The number of carbonyl (C=O) groups excluding carboxylic acids is 2. The van der Waals surface area contributed by atoms with Gasteiger partial charge in [0.15, 0.2) is 5.82 Å². The van der Waals surface area contributed by atoms with Crippen molar-refractivity contribution in [1.29, 1.82) is 0 Å². The summed E-state index contributed by atoms with van der Waals surface area (Å²) in [4.78, 5) is 29.9. The van der Waals surface area contributed by atoms with E-state index in [4.69, 9.17) is 23.2 Å². The number of benzene rings is 1. The Kier molecular flexibility index (Phi) is 6.97. The predicted molar refractivity (Wildman–Crippen MR) is 105 cm³/mol. The van der Waals surface area contributed by atoms with Crippen LogP contribution >= 0.6 is 23.2 Å². The number of nitrogens with one attached hydrogen (secondary N) is 2. The fourth-order valence-corrected chi connectivity index (χ4v) is 2.84. The Morgan fingerprint density at radius 3 is 2.23 bits per heavy atom. The number of para-hydroxylation sites is 1. The van der Waals surface area contributed by atoms with Gasteiger partial charge in [0.2, 0.25) is 11.8 Å². The second-order valence-electron chi connectivity index (χ2n) is 6.02. The number of hydrogen-bond donors (Lipinski definition) is 2. The second-order valence-corrected chi connectivity index (χ2v) is 6.86. The van der Waals surface area contributed by atoms with Gasteiger partial charge in [-0.3, -0.25) is 14.5 Å². The molecular weight excluding hydrogens is 375 g/mol. The van der Waals surface area contributed by atoms with Crippen LogP contribution < -0.4 is 10.6 Å². The van der Waals surface area contributed by atoms with Crippen LogP contribution in [0.1, 0.15) is 11.1 Å². The lowest BCUT2D eigenvalue weighted by atomic mass is 10.1. The molecule has 2 amide bonds. The third-order valence-corrected chi connectivity index (χ3v) is 4.13. The molecular formula is C18H20Cl2N4O2. The molecule has 6 nitrogen and oxygen atoms in total. The molecule has 0 fully saturated rings. The van der Waals surface area contributed by atoms with E-state index < -0.39 is 0 Å². The molecule has 8 heteroatoms. The maximum Gasteiger partial charge on any atom is 0.239 e. The maximum absolute atomic E-state index is 12.2. The van der Waals surface area contributed by atoms with Crippen LogP contribution in [0.25, 0.3) is 0 Å². The number of anilines is 2. The van der Waals surface area contributed by atoms with E-state index in [9.17, 15) is 9.59 Å². The average molecular weight is 395 g/mol. The van der Waals surface area contributed by atoms with E-state index in [1.807, 2.05) is 32.0 Å². The summed E-state index contributed by atoms with van der Waals surface area (Å²) >= 11 is 11.7. The lowest BCUT2D eigenvalue weighted by molar-refractivity contribution is -0.119. The van der Waals surface area contributed by atoms with Crippen LogP contribution in [-0.4, -0.2) is 41.8 Å². The number of likely N-dealkylation sites (N-methyl/N-ethyl adjacent to an activating group) is 1. The number of carbonyl (C=O) groups is 2. The first-order valence-corrected chi connectivity index (χ1v) is 8.67. The zero-order valence-electron chi connectivity index (χ0n) is 14.8. The molecule has 2 rings (SSSR count). The van der Waals surface area contributed by atoms with E-state index in [0.717, 1.165) is 16.8 Å². The quantitative estimate of drug-likeness (QED) is 0.785. The van der Waals surface area contributed by atoms with Crippen LogP contribution in [0.3, 0.4) is 0 Å². The van der Waals surface area contributed by atoms with E-state index in [-0.39, 0.29) is 35.7 Å². The van der Waals surface area contributed by atoms with Gasteiger partial charge in [0.1, 0.15) is 0 Å². The van der Waals surface area contributed by atoms with E-state index >= 15 is 0 Å². The highest BCUT2D eigenvalue weighted by Gasteiger charge is 2.14.